The van der Waals surface area contributed by atoms with Crippen LogP contribution in [0.5, 0.6) is 0 Å². The SMILES string of the molecule is C#C.CCCC=C/C=C(/Cl)C[N+](=O)[O-]. The molecular formula is C10H14ClNO2. The fourth-order valence-corrected chi connectivity index (χ4v) is 0.782. The second-order valence-corrected chi connectivity index (χ2v) is 2.81. The summed E-state index contributed by atoms with van der Waals surface area (Å²) in [5, 5.41) is 10.2. The van der Waals surface area contributed by atoms with Crippen molar-refractivity contribution in [3.63, 3.8) is 0 Å². The Bertz CT molecular complexity index is 232. The van der Waals surface area contributed by atoms with E-state index in [0.29, 0.717) is 0 Å². The van der Waals surface area contributed by atoms with Crippen molar-refractivity contribution in [1.82, 2.24) is 0 Å². The van der Waals surface area contributed by atoms with Gasteiger partial charge in [-0.05, 0) is 12.5 Å². The van der Waals surface area contributed by atoms with Crippen molar-refractivity contribution >= 4 is 11.6 Å². The molecule has 78 valence electrons. The minimum atomic E-state index is -0.452. The van der Waals surface area contributed by atoms with E-state index in [9.17, 15) is 10.1 Å². The Morgan fingerprint density at radius 2 is 2.14 bits per heavy atom. The number of rotatable bonds is 5. The maximum absolute atomic E-state index is 9.95. The van der Waals surface area contributed by atoms with Crippen LogP contribution in [-0.4, -0.2) is 11.5 Å². The van der Waals surface area contributed by atoms with Crippen LogP contribution in [0, 0.1) is 23.0 Å². The summed E-state index contributed by atoms with van der Waals surface area (Å²) in [6.45, 7) is 1.77. The molecule has 3 nitrogen and oxygen atoms in total. The highest BCUT2D eigenvalue weighted by atomic mass is 35.5. The fraction of sp³-hybridized carbons (Fsp3) is 0.400. The van der Waals surface area contributed by atoms with Gasteiger partial charge in [-0.2, -0.15) is 0 Å². The zero-order valence-electron chi connectivity index (χ0n) is 8.15. The number of nitro groups is 1. The minimum absolute atomic E-state index is 0.257. The summed E-state index contributed by atoms with van der Waals surface area (Å²) in [7, 11) is 0. The lowest BCUT2D eigenvalue weighted by molar-refractivity contribution is -0.469. The van der Waals surface area contributed by atoms with E-state index in [4.69, 9.17) is 11.6 Å². The van der Waals surface area contributed by atoms with Gasteiger partial charge in [-0.3, -0.25) is 10.1 Å². The van der Waals surface area contributed by atoms with Crippen molar-refractivity contribution in [3.8, 4) is 12.8 Å². The molecule has 0 aliphatic rings. The molecule has 0 spiro atoms. The van der Waals surface area contributed by atoms with Gasteiger partial charge in [-0.1, -0.05) is 37.1 Å². The molecule has 4 heteroatoms. The van der Waals surface area contributed by atoms with E-state index in [2.05, 4.69) is 19.8 Å². The summed E-state index contributed by atoms with van der Waals surface area (Å²) < 4.78 is 0. The van der Waals surface area contributed by atoms with Crippen LogP contribution in [0.1, 0.15) is 19.8 Å². The largest absolute Gasteiger partial charge is 0.264 e. The lowest BCUT2D eigenvalue weighted by Gasteiger charge is -1.88. The molecule has 0 rings (SSSR count). The monoisotopic (exact) mass is 215 g/mol. The van der Waals surface area contributed by atoms with Crippen LogP contribution in [0.3, 0.4) is 0 Å². The number of halogens is 1. The maximum Gasteiger partial charge on any atom is 0.239 e. The van der Waals surface area contributed by atoms with Gasteiger partial charge in [0, 0.05) is 4.92 Å². The molecule has 0 amide bonds. The predicted molar refractivity (Wildman–Crippen MR) is 59.7 cm³/mol. The summed E-state index contributed by atoms with van der Waals surface area (Å²) in [5.41, 5.74) is 0. The number of hydrogen-bond acceptors (Lipinski definition) is 2. The molecule has 0 saturated carbocycles. The molecule has 0 aromatic carbocycles. The van der Waals surface area contributed by atoms with Crippen molar-refractivity contribution in [1.29, 1.82) is 0 Å². The second kappa shape index (κ2) is 11.7. The Morgan fingerprint density at radius 1 is 1.57 bits per heavy atom. The quantitative estimate of drug-likeness (QED) is 0.306. The smallest absolute Gasteiger partial charge is 0.239 e. The molecule has 0 aromatic heterocycles. The van der Waals surface area contributed by atoms with Crippen LogP contribution < -0.4 is 0 Å². The molecule has 0 bridgehead atoms. The Balaban J connectivity index is 0. The average Bonchev–Trinajstić information content (AvgIpc) is 2.15. The first kappa shape index (κ1) is 15.2. The number of unbranched alkanes of at least 4 members (excludes halogenated alkanes) is 1. The third-order valence-electron chi connectivity index (χ3n) is 1.15. The molecule has 0 N–H and O–H groups in total. The van der Waals surface area contributed by atoms with E-state index in [1.807, 2.05) is 6.08 Å². The molecule has 0 heterocycles. The van der Waals surface area contributed by atoms with E-state index in [1.54, 1.807) is 12.2 Å². The Morgan fingerprint density at radius 3 is 2.57 bits per heavy atom. The first-order valence-electron chi connectivity index (χ1n) is 4.13. The standard InChI is InChI=1S/C8H12ClNO2.C2H2/c1-2-3-4-5-6-8(9)7-10(11)12;1-2/h4-6H,2-3,7H2,1H3;1-2H/b5-4?,8-6+;. The first-order valence-corrected chi connectivity index (χ1v) is 4.51. The second-order valence-electron chi connectivity index (χ2n) is 2.32. The summed E-state index contributed by atoms with van der Waals surface area (Å²) in [6, 6.07) is 0. The number of hydrogen-bond donors (Lipinski definition) is 0. The van der Waals surface area contributed by atoms with Crippen LogP contribution in [-0.2, 0) is 0 Å². The third-order valence-corrected chi connectivity index (χ3v) is 1.39. The maximum atomic E-state index is 9.95. The van der Waals surface area contributed by atoms with Gasteiger partial charge in [0.2, 0.25) is 6.54 Å². The van der Waals surface area contributed by atoms with E-state index >= 15 is 0 Å². The van der Waals surface area contributed by atoms with E-state index in [0.717, 1.165) is 12.8 Å². The Kier molecular flexibility index (Phi) is 12.7. The van der Waals surface area contributed by atoms with Gasteiger partial charge < -0.3 is 0 Å². The van der Waals surface area contributed by atoms with Gasteiger partial charge in [-0.25, -0.2) is 0 Å². The molecule has 0 saturated heterocycles. The van der Waals surface area contributed by atoms with Gasteiger partial charge >= 0.3 is 0 Å². The molecule has 0 aliphatic heterocycles. The molecule has 0 aromatic rings. The summed E-state index contributed by atoms with van der Waals surface area (Å²) in [5.74, 6) is 0. The highest BCUT2D eigenvalue weighted by Gasteiger charge is 1.98. The van der Waals surface area contributed by atoms with Gasteiger partial charge in [0.25, 0.3) is 0 Å². The van der Waals surface area contributed by atoms with Crippen LogP contribution in [0.4, 0.5) is 0 Å². The Hall–Kier alpha value is -1.27. The van der Waals surface area contributed by atoms with Crippen molar-refractivity contribution in [3.05, 3.63) is 33.4 Å². The molecule has 0 radical (unpaired) electrons. The lowest BCUT2D eigenvalue weighted by atomic mass is 10.3. The topological polar surface area (TPSA) is 43.1 Å². The number of allylic oxidation sites excluding steroid dienone is 3. The van der Waals surface area contributed by atoms with E-state index in [1.165, 1.54) is 0 Å². The van der Waals surface area contributed by atoms with Crippen LogP contribution in [0.15, 0.2) is 23.3 Å². The minimum Gasteiger partial charge on any atom is -0.264 e. The van der Waals surface area contributed by atoms with Crippen molar-refractivity contribution < 1.29 is 4.92 Å². The first-order chi connectivity index (χ1) is 6.66. The van der Waals surface area contributed by atoms with Crippen molar-refractivity contribution in [2.24, 2.45) is 0 Å². The fourth-order valence-electron chi connectivity index (χ4n) is 0.611. The zero-order valence-corrected chi connectivity index (χ0v) is 8.91. The molecule has 0 unspecified atom stereocenters. The number of terminal acetylenes is 1. The van der Waals surface area contributed by atoms with Gasteiger partial charge in [0.1, 0.15) is 0 Å². The highest BCUT2D eigenvalue weighted by molar-refractivity contribution is 6.29. The normalized spacial score (nSPS) is 10.7. The van der Waals surface area contributed by atoms with E-state index < -0.39 is 4.92 Å². The van der Waals surface area contributed by atoms with Gasteiger partial charge in [0.05, 0.1) is 5.03 Å². The summed E-state index contributed by atoms with van der Waals surface area (Å²) >= 11 is 5.52. The Labute approximate surface area is 89.6 Å². The molecule has 0 atom stereocenters. The highest BCUT2D eigenvalue weighted by Crippen LogP contribution is 2.01. The van der Waals surface area contributed by atoms with E-state index in [-0.39, 0.29) is 11.6 Å². The van der Waals surface area contributed by atoms with Crippen molar-refractivity contribution in [2.75, 3.05) is 6.54 Å². The lowest BCUT2D eigenvalue weighted by Crippen LogP contribution is -1.99. The van der Waals surface area contributed by atoms with Crippen LogP contribution in [0.2, 0.25) is 0 Å². The molecular weight excluding hydrogens is 202 g/mol. The molecule has 0 fully saturated rings. The van der Waals surface area contributed by atoms with Gasteiger partial charge in [0.15, 0.2) is 0 Å². The van der Waals surface area contributed by atoms with Crippen molar-refractivity contribution in [2.45, 2.75) is 19.8 Å². The predicted octanol–water partition coefficient (Wildman–Crippen LogP) is 2.99. The third kappa shape index (κ3) is 13.3. The summed E-state index contributed by atoms with van der Waals surface area (Å²) in [6.07, 6.45) is 15.3. The van der Waals surface area contributed by atoms with Gasteiger partial charge in [-0.15, -0.1) is 12.8 Å². The number of nitrogens with zero attached hydrogens (tertiary/aromatic N) is 1. The van der Waals surface area contributed by atoms with Crippen LogP contribution >= 0.6 is 11.6 Å². The van der Waals surface area contributed by atoms with Crippen LogP contribution in [0.25, 0.3) is 0 Å². The summed E-state index contributed by atoms with van der Waals surface area (Å²) in [4.78, 5) is 9.50. The molecule has 14 heavy (non-hydrogen) atoms. The molecule has 0 aliphatic carbocycles. The zero-order chi connectivity index (χ0) is 11.4. The average molecular weight is 216 g/mol.